The quantitative estimate of drug-likeness (QED) is 0.272. The van der Waals surface area contributed by atoms with Crippen LogP contribution in [0.15, 0.2) is 0 Å². The minimum Gasteiger partial charge on any atom is -0.748 e. The second kappa shape index (κ2) is 16.3. The summed E-state index contributed by atoms with van der Waals surface area (Å²) in [7, 11) is -4.27. The third-order valence-corrected chi connectivity index (χ3v) is 5.63. The Morgan fingerprint density at radius 3 is 1.70 bits per heavy atom. The minimum atomic E-state index is -4.27. The fourth-order valence-electron chi connectivity index (χ4n) is 2.78. The molecule has 0 aliphatic rings. The third-order valence-electron chi connectivity index (χ3n) is 4.29. The Morgan fingerprint density at radius 2 is 1.30 bits per heavy atom. The van der Waals surface area contributed by atoms with Crippen LogP contribution in [0.2, 0.25) is 0 Å². The molecule has 0 aromatic heterocycles. The van der Waals surface area contributed by atoms with Crippen molar-refractivity contribution in [3.63, 3.8) is 0 Å². The van der Waals surface area contributed by atoms with Crippen LogP contribution in [0.1, 0.15) is 97.3 Å². The van der Waals surface area contributed by atoms with Gasteiger partial charge in [-0.15, -0.1) is 0 Å². The maximum absolute atomic E-state index is 11.0. The molecule has 23 heavy (non-hydrogen) atoms. The number of hydrogen-bond donors (Lipinski definition) is 1. The molecule has 4 nitrogen and oxygen atoms in total. The zero-order chi connectivity index (χ0) is 16.8. The smallest absolute Gasteiger partial charge is 0.748 e. The first-order valence-corrected chi connectivity index (χ1v) is 10.5. The molecule has 0 saturated carbocycles. The molecular weight excluding hydrogens is 323 g/mol. The van der Waals surface area contributed by atoms with Crippen LogP contribution in [0, 0.1) is 0 Å². The van der Waals surface area contributed by atoms with Gasteiger partial charge in [0.2, 0.25) is 0 Å². The molecule has 1 N–H and O–H groups in total. The number of aliphatic hydroxyl groups is 1. The third kappa shape index (κ3) is 16.1. The number of unbranched alkanes of at least 4 members (excludes halogenated alkanes) is 9. The molecule has 0 rings (SSSR count). The summed E-state index contributed by atoms with van der Waals surface area (Å²) in [6, 6.07) is 0. The van der Waals surface area contributed by atoms with Crippen molar-refractivity contribution in [2.24, 2.45) is 0 Å². The standard InChI is InChI=1S/C17H36O4S.Na/c1-3-5-6-7-8-9-10-11-12-13-14-16(18)15-17(4-2)22(19,20)21;/h16-18H,3-15H2,1-2H3,(H,19,20,21);/q;+1/p-1. The van der Waals surface area contributed by atoms with Crippen LogP contribution >= 0.6 is 0 Å². The zero-order valence-electron chi connectivity index (χ0n) is 15.4. The van der Waals surface area contributed by atoms with Crippen molar-refractivity contribution in [3.8, 4) is 0 Å². The van der Waals surface area contributed by atoms with Gasteiger partial charge in [0.1, 0.15) is 0 Å². The van der Waals surface area contributed by atoms with Crippen LogP contribution < -0.4 is 29.6 Å². The van der Waals surface area contributed by atoms with Gasteiger partial charge in [-0.2, -0.15) is 0 Å². The molecule has 0 radical (unpaired) electrons. The Labute approximate surface area is 165 Å². The Morgan fingerprint density at radius 1 is 0.870 bits per heavy atom. The average molecular weight is 359 g/mol. The molecule has 2 atom stereocenters. The molecule has 0 amide bonds. The monoisotopic (exact) mass is 358 g/mol. The van der Waals surface area contributed by atoms with Gasteiger partial charge in [0, 0.05) is 0 Å². The normalized spacial score (nSPS) is 14.3. The number of aliphatic hydroxyl groups excluding tert-OH is 1. The van der Waals surface area contributed by atoms with E-state index in [0.717, 1.165) is 12.8 Å². The SMILES string of the molecule is CCCCCCCCCCCCC(O)CC(CC)S(=O)(=O)[O-].[Na+]. The fraction of sp³-hybridized carbons (Fsp3) is 1.00. The van der Waals surface area contributed by atoms with Gasteiger partial charge in [0.15, 0.2) is 0 Å². The van der Waals surface area contributed by atoms with E-state index < -0.39 is 21.5 Å². The Kier molecular flexibility index (Phi) is 18.5. The van der Waals surface area contributed by atoms with Crippen LogP contribution in [0.3, 0.4) is 0 Å². The molecule has 0 fully saturated rings. The largest absolute Gasteiger partial charge is 1.00 e. The minimum absolute atomic E-state index is 0. The predicted octanol–water partition coefficient (Wildman–Crippen LogP) is 1.38. The van der Waals surface area contributed by atoms with Crippen molar-refractivity contribution in [2.45, 2.75) is 109 Å². The van der Waals surface area contributed by atoms with Gasteiger partial charge >= 0.3 is 29.6 Å². The van der Waals surface area contributed by atoms with Gasteiger partial charge in [-0.05, 0) is 19.3 Å². The number of hydrogen-bond acceptors (Lipinski definition) is 4. The summed E-state index contributed by atoms with van der Waals surface area (Å²) >= 11 is 0. The van der Waals surface area contributed by atoms with Crippen molar-refractivity contribution in [3.05, 3.63) is 0 Å². The first-order chi connectivity index (χ1) is 10.4. The second-order valence-electron chi connectivity index (χ2n) is 6.38. The molecule has 0 aromatic carbocycles. The summed E-state index contributed by atoms with van der Waals surface area (Å²) in [6.45, 7) is 3.90. The van der Waals surface area contributed by atoms with Crippen LogP contribution in [-0.4, -0.2) is 29.4 Å². The molecule has 0 aliphatic carbocycles. The molecule has 0 bridgehead atoms. The van der Waals surface area contributed by atoms with E-state index in [1.165, 1.54) is 51.4 Å². The average Bonchev–Trinajstić information content (AvgIpc) is 2.45. The summed E-state index contributed by atoms with van der Waals surface area (Å²) in [4.78, 5) is 0. The number of rotatable bonds is 15. The Hall–Kier alpha value is 0.870. The molecule has 0 aromatic rings. The molecule has 0 heterocycles. The topological polar surface area (TPSA) is 77.4 Å². The van der Waals surface area contributed by atoms with Crippen molar-refractivity contribution in [1.29, 1.82) is 0 Å². The van der Waals surface area contributed by atoms with E-state index in [2.05, 4.69) is 6.92 Å². The summed E-state index contributed by atoms with van der Waals surface area (Å²) < 4.78 is 32.9. The van der Waals surface area contributed by atoms with Gasteiger partial charge in [-0.3, -0.25) is 0 Å². The van der Waals surface area contributed by atoms with E-state index in [9.17, 15) is 18.1 Å². The fourth-order valence-corrected chi connectivity index (χ4v) is 3.64. The van der Waals surface area contributed by atoms with Crippen molar-refractivity contribution in [2.75, 3.05) is 0 Å². The van der Waals surface area contributed by atoms with E-state index in [1.807, 2.05) is 0 Å². The van der Waals surface area contributed by atoms with Gasteiger partial charge in [-0.25, -0.2) is 8.42 Å². The van der Waals surface area contributed by atoms with Crippen LogP contribution in [0.25, 0.3) is 0 Å². The van der Waals surface area contributed by atoms with E-state index in [0.29, 0.717) is 6.42 Å². The maximum Gasteiger partial charge on any atom is 1.00 e. The first-order valence-electron chi connectivity index (χ1n) is 9.04. The zero-order valence-corrected chi connectivity index (χ0v) is 18.2. The molecule has 2 unspecified atom stereocenters. The van der Waals surface area contributed by atoms with E-state index >= 15 is 0 Å². The molecule has 0 aliphatic heterocycles. The molecular formula is C17H35NaO4S. The summed E-state index contributed by atoms with van der Waals surface area (Å²) in [5.74, 6) is 0. The summed E-state index contributed by atoms with van der Waals surface area (Å²) in [5, 5.41) is 8.89. The Balaban J connectivity index is 0. The van der Waals surface area contributed by atoms with Gasteiger partial charge in [-0.1, -0.05) is 78.1 Å². The van der Waals surface area contributed by atoms with Crippen molar-refractivity contribution in [1.82, 2.24) is 0 Å². The van der Waals surface area contributed by atoms with Gasteiger partial charge in [0.05, 0.1) is 21.5 Å². The summed E-state index contributed by atoms with van der Waals surface area (Å²) in [6.07, 6.45) is 12.6. The van der Waals surface area contributed by atoms with Crippen molar-refractivity contribution >= 4 is 10.1 Å². The van der Waals surface area contributed by atoms with E-state index in [4.69, 9.17) is 0 Å². The van der Waals surface area contributed by atoms with Crippen LogP contribution in [0.4, 0.5) is 0 Å². The van der Waals surface area contributed by atoms with Gasteiger partial charge in [0.25, 0.3) is 0 Å². The first kappa shape index (κ1) is 26.1. The van der Waals surface area contributed by atoms with E-state index in [-0.39, 0.29) is 42.4 Å². The summed E-state index contributed by atoms with van der Waals surface area (Å²) in [5.41, 5.74) is 0. The van der Waals surface area contributed by atoms with Crippen LogP contribution in [-0.2, 0) is 10.1 Å². The molecule has 134 valence electrons. The van der Waals surface area contributed by atoms with Gasteiger partial charge < -0.3 is 9.66 Å². The molecule has 0 saturated heterocycles. The Bertz CT molecular complexity index is 347. The molecule has 6 heteroatoms. The second-order valence-corrected chi connectivity index (χ2v) is 8.04. The van der Waals surface area contributed by atoms with Crippen LogP contribution in [0.5, 0.6) is 0 Å². The van der Waals surface area contributed by atoms with Crippen molar-refractivity contribution < 1.29 is 47.6 Å². The maximum atomic E-state index is 11.0. The predicted molar refractivity (Wildman–Crippen MR) is 90.9 cm³/mol. The van der Waals surface area contributed by atoms with E-state index in [1.54, 1.807) is 6.92 Å². The molecule has 0 spiro atoms.